The summed E-state index contributed by atoms with van der Waals surface area (Å²) in [6.07, 6.45) is 4.32. The predicted molar refractivity (Wildman–Crippen MR) is 76.8 cm³/mol. The summed E-state index contributed by atoms with van der Waals surface area (Å²) in [5.41, 5.74) is 6.41. The van der Waals surface area contributed by atoms with Crippen molar-refractivity contribution < 1.29 is 8.42 Å². The van der Waals surface area contributed by atoms with Crippen molar-refractivity contribution in [2.75, 3.05) is 12.3 Å². The van der Waals surface area contributed by atoms with Crippen molar-refractivity contribution in [1.29, 1.82) is 0 Å². The van der Waals surface area contributed by atoms with Gasteiger partial charge in [-0.15, -0.1) is 0 Å². The van der Waals surface area contributed by atoms with Crippen molar-refractivity contribution in [3.05, 3.63) is 24.4 Å². The third-order valence-electron chi connectivity index (χ3n) is 3.46. The van der Waals surface area contributed by atoms with Crippen molar-refractivity contribution >= 4 is 21.5 Å². The number of anilines is 1. The summed E-state index contributed by atoms with van der Waals surface area (Å²) in [4.78, 5) is 4.14. The Hall–Kier alpha value is -1.60. The van der Waals surface area contributed by atoms with Crippen LogP contribution in [0.3, 0.4) is 0 Å². The van der Waals surface area contributed by atoms with E-state index in [0.29, 0.717) is 12.2 Å². The summed E-state index contributed by atoms with van der Waals surface area (Å²) in [5, 5.41) is 0.0912. The first-order valence-corrected chi connectivity index (χ1v) is 8.24. The van der Waals surface area contributed by atoms with Gasteiger partial charge in [-0.05, 0) is 31.4 Å². The molecule has 108 valence electrons. The molecule has 0 amide bonds. The Morgan fingerprint density at radius 3 is 2.85 bits per heavy atom. The lowest BCUT2D eigenvalue weighted by atomic mass is 10.5. The molecule has 0 aromatic carbocycles. The fourth-order valence-corrected chi connectivity index (χ4v) is 4.40. The van der Waals surface area contributed by atoms with Crippen molar-refractivity contribution in [3.8, 4) is 0 Å². The molecule has 1 aliphatic carbocycles. The lowest BCUT2D eigenvalue weighted by Crippen LogP contribution is -2.35. The van der Waals surface area contributed by atoms with Gasteiger partial charge in [0.15, 0.2) is 10.8 Å². The Morgan fingerprint density at radius 1 is 1.45 bits per heavy atom. The SMILES string of the molecule is CCCN(C1CC1)S(=O)(=O)c1c(N)nc2ccccn12. The summed E-state index contributed by atoms with van der Waals surface area (Å²) in [7, 11) is -3.61. The quantitative estimate of drug-likeness (QED) is 0.905. The highest BCUT2D eigenvalue weighted by Crippen LogP contribution is 2.33. The van der Waals surface area contributed by atoms with Crippen LogP contribution in [0.5, 0.6) is 0 Å². The molecule has 0 saturated heterocycles. The van der Waals surface area contributed by atoms with Crippen LogP contribution < -0.4 is 5.73 Å². The molecular formula is C13H18N4O2S. The van der Waals surface area contributed by atoms with Crippen molar-refractivity contribution in [1.82, 2.24) is 13.7 Å². The Bertz CT molecular complexity index is 734. The van der Waals surface area contributed by atoms with Crippen molar-refractivity contribution in [2.24, 2.45) is 0 Å². The summed E-state index contributed by atoms with van der Waals surface area (Å²) in [6.45, 7) is 2.50. The average Bonchev–Trinajstić information content (AvgIpc) is 3.16. The molecule has 2 heterocycles. The third kappa shape index (κ3) is 2.06. The minimum Gasteiger partial charge on any atom is -0.381 e. The van der Waals surface area contributed by atoms with Gasteiger partial charge in [0.25, 0.3) is 10.0 Å². The van der Waals surface area contributed by atoms with Gasteiger partial charge in [0, 0.05) is 18.8 Å². The van der Waals surface area contributed by atoms with Gasteiger partial charge >= 0.3 is 0 Å². The highest BCUT2D eigenvalue weighted by Gasteiger charge is 2.40. The van der Waals surface area contributed by atoms with Crippen LogP contribution in [0, 0.1) is 0 Å². The number of hydrogen-bond donors (Lipinski definition) is 1. The molecule has 0 aliphatic heterocycles. The number of imidazole rings is 1. The minimum atomic E-state index is -3.61. The van der Waals surface area contributed by atoms with Crippen LogP contribution in [-0.2, 0) is 10.0 Å². The maximum absolute atomic E-state index is 12.9. The molecular weight excluding hydrogens is 276 g/mol. The minimum absolute atomic E-state index is 0.0675. The van der Waals surface area contributed by atoms with Crippen molar-refractivity contribution in [3.63, 3.8) is 0 Å². The lowest BCUT2D eigenvalue weighted by molar-refractivity contribution is 0.401. The number of fused-ring (bicyclic) bond motifs is 1. The van der Waals surface area contributed by atoms with E-state index in [9.17, 15) is 8.42 Å². The second-order valence-corrected chi connectivity index (χ2v) is 6.88. The van der Waals surface area contributed by atoms with Crippen LogP contribution in [0.2, 0.25) is 0 Å². The van der Waals surface area contributed by atoms with Crippen LogP contribution in [-0.4, -0.2) is 34.7 Å². The summed E-state index contributed by atoms with van der Waals surface area (Å²) in [5.74, 6) is 0.0675. The Kier molecular flexibility index (Phi) is 3.18. The highest BCUT2D eigenvalue weighted by atomic mass is 32.2. The number of nitrogens with zero attached hydrogens (tertiary/aromatic N) is 3. The molecule has 2 N–H and O–H groups in total. The predicted octanol–water partition coefficient (Wildman–Crippen LogP) is 1.48. The number of rotatable bonds is 5. The molecule has 6 nitrogen and oxygen atoms in total. The van der Waals surface area contributed by atoms with Gasteiger partial charge in [0.2, 0.25) is 0 Å². The van der Waals surface area contributed by atoms with Gasteiger partial charge in [-0.3, -0.25) is 4.40 Å². The Labute approximate surface area is 118 Å². The number of aromatic nitrogens is 2. The molecule has 0 unspecified atom stereocenters. The molecule has 3 rings (SSSR count). The normalized spacial score (nSPS) is 16.1. The smallest absolute Gasteiger partial charge is 0.263 e. The summed E-state index contributed by atoms with van der Waals surface area (Å²) >= 11 is 0. The van der Waals surface area contributed by atoms with Crippen LogP contribution in [0.1, 0.15) is 26.2 Å². The Morgan fingerprint density at radius 2 is 2.20 bits per heavy atom. The Balaban J connectivity index is 2.15. The first-order chi connectivity index (χ1) is 9.55. The molecule has 20 heavy (non-hydrogen) atoms. The standard InChI is InChI=1S/C13H18N4O2S/c1-2-8-17(10-6-7-10)20(18,19)13-12(14)15-11-5-3-4-9-16(11)13/h3-5,9-10H,2,6-8,14H2,1H3. The van der Waals surface area contributed by atoms with E-state index in [0.717, 1.165) is 19.3 Å². The van der Waals surface area contributed by atoms with Crippen LogP contribution in [0.15, 0.2) is 29.4 Å². The third-order valence-corrected chi connectivity index (χ3v) is 5.46. The van der Waals surface area contributed by atoms with E-state index < -0.39 is 10.0 Å². The van der Waals surface area contributed by atoms with Gasteiger partial charge in [-0.2, -0.15) is 4.31 Å². The topological polar surface area (TPSA) is 80.7 Å². The maximum atomic E-state index is 12.9. The molecule has 1 aliphatic rings. The van der Waals surface area contributed by atoms with Crippen LogP contribution >= 0.6 is 0 Å². The molecule has 1 saturated carbocycles. The van der Waals surface area contributed by atoms with Crippen LogP contribution in [0.25, 0.3) is 5.65 Å². The van der Waals surface area contributed by atoms with Crippen LogP contribution in [0.4, 0.5) is 5.82 Å². The summed E-state index contributed by atoms with van der Waals surface area (Å²) in [6, 6.07) is 5.45. The van der Waals surface area contributed by atoms with E-state index in [1.807, 2.05) is 13.0 Å². The lowest BCUT2D eigenvalue weighted by Gasteiger charge is -2.21. The zero-order valence-electron chi connectivity index (χ0n) is 11.4. The van der Waals surface area contributed by atoms with Gasteiger partial charge in [0.05, 0.1) is 0 Å². The first-order valence-electron chi connectivity index (χ1n) is 6.80. The van der Waals surface area contributed by atoms with Gasteiger partial charge in [-0.25, -0.2) is 13.4 Å². The van der Waals surface area contributed by atoms with E-state index >= 15 is 0 Å². The molecule has 0 spiro atoms. The second kappa shape index (κ2) is 4.75. The van der Waals surface area contributed by atoms with Crippen molar-refractivity contribution in [2.45, 2.75) is 37.3 Å². The molecule has 0 atom stereocenters. The first kappa shape index (κ1) is 13.4. The number of pyridine rings is 1. The molecule has 0 radical (unpaired) electrons. The van der Waals surface area contributed by atoms with E-state index in [4.69, 9.17) is 5.73 Å². The van der Waals surface area contributed by atoms with Gasteiger partial charge < -0.3 is 5.73 Å². The molecule has 7 heteroatoms. The molecule has 0 bridgehead atoms. The van der Waals surface area contributed by atoms with Gasteiger partial charge in [-0.1, -0.05) is 13.0 Å². The van der Waals surface area contributed by atoms with E-state index in [2.05, 4.69) is 4.98 Å². The zero-order chi connectivity index (χ0) is 14.3. The monoisotopic (exact) mass is 294 g/mol. The molecule has 1 fully saturated rings. The number of hydrogen-bond acceptors (Lipinski definition) is 4. The number of nitrogens with two attached hydrogens (primary N) is 1. The maximum Gasteiger partial charge on any atom is 0.263 e. The number of nitrogen functional groups attached to an aromatic ring is 1. The fraction of sp³-hybridized carbons (Fsp3) is 0.462. The highest BCUT2D eigenvalue weighted by molar-refractivity contribution is 7.89. The van der Waals surface area contributed by atoms with E-state index in [1.165, 1.54) is 0 Å². The van der Waals surface area contributed by atoms with Gasteiger partial charge in [0.1, 0.15) is 5.65 Å². The largest absolute Gasteiger partial charge is 0.381 e. The zero-order valence-corrected chi connectivity index (χ0v) is 12.2. The number of sulfonamides is 1. The molecule has 2 aromatic heterocycles. The second-order valence-electron chi connectivity index (χ2n) is 5.08. The fourth-order valence-electron chi connectivity index (χ4n) is 2.44. The van der Waals surface area contributed by atoms with E-state index in [1.54, 1.807) is 27.0 Å². The van der Waals surface area contributed by atoms with E-state index in [-0.39, 0.29) is 16.9 Å². The average molecular weight is 294 g/mol. The molecule has 2 aromatic rings. The summed E-state index contributed by atoms with van der Waals surface area (Å²) < 4.78 is 28.9.